The number of H-pyrrole nitrogens is 1. The van der Waals surface area contributed by atoms with Crippen LogP contribution >= 0.6 is 0 Å². The Kier molecular flexibility index (Phi) is 3.69. The molecule has 2 unspecified atom stereocenters. The van der Waals surface area contributed by atoms with Crippen LogP contribution in [0, 0.1) is 5.92 Å². The van der Waals surface area contributed by atoms with Crippen LogP contribution in [0.15, 0.2) is 24.3 Å². The predicted octanol–water partition coefficient (Wildman–Crippen LogP) is 1.81. The van der Waals surface area contributed by atoms with Gasteiger partial charge in [0.25, 0.3) is 5.91 Å². The zero-order chi connectivity index (χ0) is 13.9. The van der Waals surface area contributed by atoms with E-state index in [1.165, 1.54) is 6.42 Å². The van der Waals surface area contributed by atoms with Crippen molar-refractivity contribution >= 4 is 16.8 Å². The average Bonchev–Trinajstić information content (AvgIpc) is 2.92. The molecule has 3 rings (SSSR count). The van der Waals surface area contributed by atoms with E-state index in [0.717, 1.165) is 30.2 Å². The summed E-state index contributed by atoms with van der Waals surface area (Å²) in [6.07, 6.45) is 4.47. The van der Waals surface area contributed by atoms with E-state index in [1.807, 2.05) is 24.3 Å². The second-order valence-corrected chi connectivity index (χ2v) is 5.48. The van der Waals surface area contributed by atoms with Crippen LogP contribution in [0.25, 0.3) is 10.9 Å². The first-order valence-electron chi connectivity index (χ1n) is 7.23. The third-order valence-corrected chi connectivity index (χ3v) is 4.21. The topological polar surface area (TPSA) is 83.8 Å². The van der Waals surface area contributed by atoms with Gasteiger partial charge in [-0.25, -0.2) is 0 Å². The van der Waals surface area contributed by atoms with Crippen LogP contribution in [0.3, 0.4) is 0 Å². The van der Waals surface area contributed by atoms with Crippen LogP contribution < -0.4 is 11.1 Å². The minimum Gasteiger partial charge on any atom is -0.348 e. The van der Waals surface area contributed by atoms with Crippen LogP contribution in [-0.4, -0.2) is 28.7 Å². The van der Waals surface area contributed by atoms with Crippen molar-refractivity contribution in [1.29, 1.82) is 0 Å². The largest absolute Gasteiger partial charge is 0.348 e. The quantitative estimate of drug-likeness (QED) is 0.796. The van der Waals surface area contributed by atoms with Crippen molar-refractivity contribution in [3.63, 3.8) is 0 Å². The molecule has 2 aromatic rings. The van der Waals surface area contributed by atoms with Crippen LogP contribution in [0.5, 0.6) is 0 Å². The second kappa shape index (κ2) is 5.63. The molecule has 1 fully saturated rings. The molecule has 1 amide bonds. The number of fused-ring (bicyclic) bond motifs is 1. The van der Waals surface area contributed by atoms with E-state index in [4.69, 9.17) is 5.73 Å². The number of nitrogens with two attached hydrogens (primary N) is 1. The SMILES string of the molecule is NCC1CCCCC1NC(=O)c1n[nH]c2ccccc12. The van der Waals surface area contributed by atoms with E-state index in [-0.39, 0.29) is 11.9 Å². The van der Waals surface area contributed by atoms with Gasteiger partial charge in [-0.2, -0.15) is 5.10 Å². The third kappa shape index (κ3) is 2.41. The Balaban J connectivity index is 1.78. The maximum absolute atomic E-state index is 12.4. The fourth-order valence-electron chi connectivity index (χ4n) is 3.05. The van der Waals surface area contributed by atoms with Gasteiger partial charge in [0.2, 0.25) is 0 Å². The number of nitrogens with one attached hydrogen (secondary N) is 2. The van der Waals surface area contributed by atoms with Gasteiger partial charge in [-0.1, -0.05) is 31.0 Å². The lowest BCUT2D eigenvalue weighted by Crippen LogP contribution is -2.44. The monoisotopic (exact) mass is 272 g/mol. The molecule has 1 aliphatic carbocycles. The first-order valence-corrected chi connectivity index (χ1v) is 7.23. The number of carbonyl (C=O) groups excluding carboxylic acids is 1. The molecule has 1 heterocycles. The minimum atomic E-state index is -0.104. The van der Waals surface area contributed by atoms with Crippen molar-refractivity contribution in [2.75, 3.05) is 6.54 Å². The van der Waals surface area contributed by atoms with Gasteiger partial charge in [-0.3, -0.25) is 9.89 Å². The Morgan fingerprint density at radius 1 is 1.35 bits per heavy atom. The molecule has 4 N–H and O–H groups in total. The van der Waals surface area contributed by atoms with Crippen molar-refractivity contribution in [1.82, 2.24) is 15.5 Å². The number of carbonyl (C=O) groups is 1. The van der Waals surface area contributed by atoms with Crippen molar-refractivity contribution in [3.8, 4) is 0 Å². The molecule has 0 radical (unpaired) electrons. The Labute approximate surface area is 117 Å². The van der Waals surface area contributed by atoms with Crippen LogP contribution in [0.2, 0.25) is 0 Å². The summed E-state index contributed by atoms with van der Waals surface area (Å²) in [5.41, 5.74) is 7.17. The number of hydrogen-bond acceptors (Lipinski definition) is 3. The molecule has 20 heavy (non-hydrogen) atoms. The highest BCUT2D eigenvalue weighted by Gasteiger charge is 2.26. The number of rotatable bonds is 3. The first-order chi connectivity index (χ1) is 9.79. The van der Waals surface area contributed by atoms with Crippen LogP contribution in [0.4, 0.5) is 0 Å². The smallest absolute Gasteiger partial charge is 0.272 e. The number of hydrogen-bond donors (Lipinski definition) is 3. The molecule has 1 aliphatic rings. The van der Waals surface area contributed by atoms with Gasteiger partial charge >= 0.3 is 0 Å². The Morgan fingerprint density at radius 3 is 3.00 bits per heavy atom. The lowest BCUT2D eigenvalue weighted by Gasteiger charge is -2.31. The van der Waals surface area contributed by atoms with Gasteiger partial charge in [0, 0.05) is 11.4 Å². The molecule has 1 aromatic carbocycles. The summed E-state index contributed by atoms with van der Waals surface area (Å²) in [6, 6.07) is 7.85. The summed E-state index contributed by atoms with van der Waals surface area (Å²) in [5, 5.41) is 11.0. The number of amides is 1. The molecule has 0 saturated heterocycles. The van der Waals surface area contributed by atoms with Gasteiger partial charge in [0.1, 0.15) is 0 Å². The fraction of sp³-hybridized carbons (Fsp3) is 0.467. The number of aromatic nitrogens is 2. The zero-order valence-electron chi connectivity index (χ0n) is 11.4. The summed E-state index contributed by atoms with van der Waals surface area (Å²) in [7, 11) is 0. The normalized spacial score (nSPS) is 22.9. The molecule has 5 nitrogen and oxygen atoms in total. The van der Waals surface area contributed by atoms with E-state index in [9.17, 15) is 4.79 Å². The van der Waals surface area contributed by atoms with Crippen molar-refractivity contribution in [2.24, 2.45) is 11.7 Å². The van der Waals surface area contributed by atoms with E-state index in [1.54, 1.807) is 0 Å². The van der Waals surface area contributed by atoms with Gasteiger partial charge < -0.3 is 11.1 Å². The highest BCUT2D eigenvalue weighted by atomic mass is 16.2. The van der Waals surface area contributed by atoms with Gasteiger partial charge in [-0.15, -0.1) is 0 Å². The highest BCUT2D eigenvalue weighted by Crippen LogP contribution is 2.24. The molecule has 0 spiro atoms. The number of nitrogens with zero attached hydrogens (tertiary/aromatic N) is 1. The van der Waals surface area contributed by atoms with E-state index in [0.29, 0.717) is 18.2 Å². The zero-order valence-corrected chi connectivity index (χ0v) is 11.4. The lowest BCUT2D eigenvalue weighted by molar-refractivity contribution is 0.0904. The Bertz CT molecular complexity index is 607. The molecule has 0 aliphatic heterocycles. The van der Waals surface area contributed by atoms with Crippen molar-refractivity contribution < 1.29 is 4.79 Å². The van der Waals surface area contributed by atoms with Gasteiger partial charge in [0.15, 0.2) is 5.69 Å². The van der Waals surface area contributed by atoms with Crippen molar-refractivity contribution in [2.45, 2.75) is 31.7 Å². The predicted molar refractivity (Wildman–Crippen MR) is 78.4 cm³/mol. The second-order valence-electron chi connectivity index (χ2n) is 5.48. The van der Waals surface area contributed by atoms with E-state index in [2.05, 4.69) is 15.5 Å². The number of para-hydroxylation sites is 1. The van der Waals surface area contributed by atoms with Crippen LogP contribution in [0.1, 0.15) is 36.2 Å². The fourth-order valence-corrected chi connectivity index (χ4v) is 3.05. The Morgan fingerprint density at radius 2 is 2.15 bits per heavy atom. The maximum Gasteiger partial charge on any atom is 0.272 e. The maximum atomic E-state index is 12.4. The third-order valence-electron chi connectivity index (χ3n) is 4.21. The van der Waals surface area contributed by atoms with E-state index >= 15 is 0 Å². The summed E-state index contributed by atoms with van der Waals surface area (Å²) in [4.78, 5) is 12.4. The summed E-state index contributed by atoms with van der Waals surface area (Å²) >= 11 is 0. The Hall–Kier alpha value is -1.88. The van der Waals surface area contributed by atoms with E-state index < -0.39 is 0 Å². The minimum absolute atomic E-state index is 0.104. The standard InChI is InChI=1S/C15H20N4O/c16-9-10-5-1-3-7-12(10)17-15(20)14-11-6-2-4-8-13(11)18-19-14/h2,4,6,8,10,12H,1,3,5,7,9,16H2,(H,17,20)(H,18,19). The molecule has 106 valence electrons. The van der Waals surface area contributed by atoms with Crippen LogP contribution in [-0.2, 0) is 0 Å². The molecule has 2 atom stereocenters. The van der Waals surface area contributed by atoms with Gasteiger partial charge in [-0.05, 0) is 31.4 Å². The van der Waals surface area contributed by atoms with Gasteiger partial charge in [0.05, 0.1) is 5.52 Å². The molecule has 1 saturated carbocycles. The summed E-state index contributed by atoms with van der Waals surface area (Å²) in [5.74, 6) is 0.283. The molecule has 1 aromatic heterocycles. The number of benzene rings is 1. The average molecular weight is 272 g/mol. The first kappa shape index (κ1) is 13.1. The molecular formula is C15H20N4O. The highest BCUT2D eigenvalue weighted by molar-refractivity contribution is 6.04. The number of aromatic amines is 1. The molecule has 5 heteroatoms. The van der Waals surface area contributed by atoms with Crippen molar-refractivity contribution in [3.05, 3.63) is 30.0 Å². The summed E-state index contributed by atoms with van der Waals surface area (Å²) in [6.45, 7) is 0.631. The molecule has 0 bridgehead atoms. The molecular weight excluding hydrogens is 252 g/mol. The summed E-state index contributed by atoms with van der Waals surface area (Å²) < 4.78 is 0. The lowest BCUT2D eigenvalue weighted by atomic mass is 9.84.